The molecule has 1 rings (SSSR count). The number of aryl methyl sites for hydroxylation is 1. The number of nitrogens with one attached hydrogen (secondary N) is 1. The number of hydrogen-bond acceptors (Lipinski definition) is 5. The second kappa shape index (κ2) is 7.03. The molecule has 0 spiro atoms. The van der Waals surface area contributed by atoms with Crippen molar-refractivity contribution in [3.05, 3.63) is 5.01 Å². The van der Waals surface area contributed by atoms with Crippen LogP contribution < -0.4 is 5.32 Å². The van der Waals surface area contributed by atoms with Crippen LogP contribution in [0.25, 0.3) is 0 Å². The van der Waals surface area contributed by atoms with Crippen LogP contribution in [0.15, 0.2) is 0 Å². The summed E-state index contributed by atoms with van der Waals surface area (Å²) in [4.78, 5) is 23.8. The third-order valence-corrected chi connectivity index (χ3v) is 3.36. The van der Waals surface area contributed by atoms with E-state index in [9.17, 15) is 9.59 Å². The van der Waals surface area contributed by atoms with Gasteiger partial charge in [-0.3, -0.25) is 10.1 Å². The number of amides is 2. The fraction of sp³-hybridized carbons (Fsp3) is 0.636. The monoisotopic (exact) mass is 286 g/mol. The molecule has 19 heavy (non-hydrogen) atoms. The summed E-state index contributed by atoms with van der Waals surface area (Å²) in [6.07, 6.45) is 1.80. The molecule has 2 amide bonds. The number of rotatable bonds is 6. The van der Waals surface area contributed by atoms with E-state index in [4.69, 9.17) is 5.11 Å². The minimum Gasteiger partial charge on any atom is -0.481 e. The Morgan fingerprint density at radius 2 is 2.16 bits per heavy atom. The number of anilines is 1. The molecule has 1 atom stereocenters. The normalized spacial score (nSPS) is 11.9. The van der Waals surface area contributed by atoms with Gasteiger partial charge in [0.15, 0.2) is 0 Å². The van der Waals surface area contributed by atoms with Gasteiger partial charge in [0.05, 0.1) is 5.92 Å². The van der Waals surface area contributed by atoms with Crippen molar-refractivity contribution in [3.63, 3.8) is 0 Å². The van der Waals surface area contributed by atoms with Crippen LogP contribution in [0.3, 0.4) is 0 Å². The van der Waals surface area contributed by atoms with E-state index >= 15 is 0 Å². The molecule has 0 aromatic carbocycles. The SMILES string of the molecule is CCCc1nnc(NC(=O)N(C)CC(C)C(=O)O)s1. The largest absolute Gasteiger partial charge is 0.481 e. The molecule has 0 bridgehead atoms. The summed E-state index contributed by atoms with van der Waals surface area (Å²) < 4.78 is 0. The number of aliphatic carboxylic acids is 1. The topological polar surface area (TPSA) is 95.4 Å². The first kappa shape index (κ1) is 15.4. The highest BCUT2D eigenvalue weighted by molar-refractivity contribution is 7.15. The predicted molar refractivity (Wildman–Crippen MR) is 72.4 cm³/mol. The molecule has 0 saturated heterocycles. The van der Waals surface area contributed by atoms with E-state index in [0.717, 1.165) is 17.8 Å². The van der Waals surface area contributed by atoms with Crippen molar-refractivity contribution in [2.75, 3.05) is 18.9 Å². The molecular formula is C11H18N4O3S. The Morgan fingerprint density at radius 3 is 2.74 bits per heavy atom. The third kappa shape index (κ3) is 4.82. The number of nitrogens with zero attached hydrogens (tertiary/aromatic N) is 3. The number of carboxylic acids is 1. The van der Waals surface area contributed by atoms with Crippen molar-refractivity contribution in [3.8, 4) is 0 Å². The molecule has 1 heterocycles. The van der Waals surface area contributed by atoms with Crippen LogP contribution >= 0.6 is 11.3 Å². The maximum Gasteiger partial charge on any atom is 0.323 e. The average Bonchev–Trinajstić information content (AvgIpc) is 2.76. The molecule has 0 fully saturated rings. The van der Waals surface area contributed by atoms with E-state index in [1.165, 1.54) is 16.2 Å². The Hall–Kier alpha value is -1.70. The fourth-order valence-corrected chi connectivity index (χ4v) is 2.21. The van der Waals surface area contributed by atoms with Crippen molar-refractivity contribution in [1.82, 2.24) is 15.1 Å². The summed E-state index contributed by atoms with van der Waals surface area (Å²) in [6, 6.07) is -0.382. The fourth-order valence-electron chi connectivity index (χ4n) is 1.38. The first-order valence-corrected chi connectivity index (χ1v) is 6.83. The Morgan fingerprint density at radius 1 is 1.47 bits per heavy atom. The van der Waals surface area contributed by atoms with Crippen molar-refractivity contribution in [1.29, 1.82) is 0 Å². The van der Waals surface area contributed by atoms with Gasteiger partial charge in [0.2, 0.25) is 5.13 Å². The first-order chi connectivity index (χ1) is 8.93. The quantitative estimate of drug-likeness (QED) is 0.829. The molecular weight excluding hydrogens is 268 g/mol. The summed E-state index contributed by atoms with van der Waals surface area (Å²) >= 11 is 1.33. The second-order valence-electron chi connectivity index (χ2n) is 4.30. The van der Waals surface area contributed by atoms with Crippen LogP contribution in [0, 0.1) is 5.92 Å². The van der Waals surface area contributed by atoms with Gasteiger partial charge in [-0.2, -0.15) is 0 Å². The molecule has 0 radical (unpaired) electrons. The third-order valence-electron chi connectivity index (χ3n) is 2.46. The smallest absolute Gasteiger partial charge is 0.323 e. The van der Waals surface area contributed by atoms with Crippen molar-refractivity contribution < 1.29 is 14.7 Å². The van der Waals surface area contributed by atoms with Crippen molar-refractivity contribution in [2.24, 2.45) is 5.92 Å². The maximum atomic E-state index is 11.8. The van der Waals surface area contributed by atoms with E-state index in [1.807, 2.05) is 6.92 Å². The highest BCUT2D eigenvalue weighted by Gasteiger charge is 2.18. The predicted octanol–water partition coefficient (Wildman–Crippen LogP) is 1.68. The Balaban J connectivity index is 2.51. The summed E-state index contributed by atoms with van der Waals surface area (Å²) in [5.41, 5.74) is 0. The molecule has 8 heteroatoms. The molecule has 0 saturated carbocycles. The lowest BCUT2D eigenvalue weighted by molar-refractivity contribution is -0.141. The standard InChI is InChI=1S/C11H18N4O3S/c1-4-5-8-13-14-10(19-8)12-11(18)15(3)6-7(2)9(16)17/h7H,4-6H2,1-3H3,(H,16,17)(H,12,14,18). The summed E-state index contributed by atoms with van der Waals surface area (Å²) in [5.74, 6) is -1.54. The van der Waals surface area contributed by atoms with Gasteiger partial charge in [0.25, 0.3) is 0 Å². The van der Waals surface area contributed by atoms with Gasteiger partial charge in [-0.15, -0.1) is 10.2 Å². The Kier molecular flexibility index (Phi) is 5.68. The van der Waals surface area contributed by atoms with Gasteiger partial charge in [0, 0.05) is 20.0 Å². The van der Waals surface area contributed by atoms with Crippen molar-refractivity contribution in [2.45, 2.75) is 26.7 Å². The van der Waals surface area contributed by atoms with Gasteiger partial charge in [-0.05, 0) is 6.42 Å². The van der Waals surface area contributed by atoms with Crippen LogP contribution in [0.5, 0.6) is 0 Å². The molecule has 0 aliphatic carbocycles. The zero-order valence-electron chi connectivity index (χ0n) is 11.2. The summed E-state index contributed by atoms with van der Waals surface area (Å²) in [7, 11) is 1.54. The second-order valence-corrected chi connectivity index (χ2v) is 5.36. The number of hydrogen-bond donors (Lipinski definition) is 2. The Labute approximate surface area is 115 Å². The molecule has 1 unspecified atom stereocenters. The van der Waals surface area contributed by atoms with Crippen LogP contribution in [0.4, 0.5) is 9.93 Å². The molecule has 1 aromatic rings. The van der Waals surface area contributed by atoms with E-state index < -0.39 is 11.9 Å². The summed E-state index contributed by atoms with van der Waals surface area (Å²) in [6.45, 7) is 3.74. The number of carbonyl (C=O) groups is 2. The maximum absolute atomic E-state index is 11.8. The first-order valence-electron chi connectivity index (χ1n) is 6.01. The minimum absolute atomic E-state index is 0.141. The van der Waals surface area contributed by atoms with E-state index in [0.29, 0.717) is 5.13 Å². The van der Waals surface area contributed by atoms with E-state index in [1.54, 1.807) is 14.0 Å². The lowest BCUT2D eigenvalue weighted by atomic mass is 10.2. The molecule has 0 aliphatic rings. The van der Waals surface area contributed by atoms with Gasteiger partial charge < -0.3 is 10.0 Å². The molecule has 106 valence electrons. The number of urea groups is 1. The van der Waals surface area contributed by atoms with Gasteiger partial charge in [-0.25, -0.2) is 4.79 Å². The molecule has 2 N–H and O–H groups in total. The molecule has 0 aliphatic heterocycles. The number of carboxylic acid groups (broad SMARTS) is 1. The highest BCUT2D eigenvalue weighted by Crippen LogP contribution is 2.16. The zero-order chi connectivity index (χ0) is 14.4. The molecule has 7 nitrogen and oxygen atoms in total. The minimum atomic E-state index is -0.930. The van der Waals surface area contributed by atoms with Gasteiger partial charge >= 0.3 is 12.0 Å². The van der Waals surface area contributed by atoms with Gasteiger partial charge in [0.1, 0.15) is 5.01 Å². The summed E-state index contributed by atoms with van der Waals surface area (Å²) in [5, 5.41) is 20.5. The van der Waals surface area contributed by atoms with E-state index in [2.05, 4.69) is 15.5 Å². The van der Waals surface area contributed by atoms with Crippen molar-refractivity contribution >= 4 is 28.5 Å². The lowest BCUT2D eigenvalue weighted by Crippen LogP contribution is -2.36. The van der Waals surface area contributed by atoms with Crippen LogP contribution in [0.1, 0.15) is 25.3 Å². The van der Waals surface area contributed by atoms with Crippen LogP contribution in [-0.2, 0) is 11.2 Å². The zero-order valence-corrected chi connectivity index (χ0v) is 12.0. The van der Waals surface area contributed by atoms with Crippen LogP contribution in [-0.4, -0.2) is 45.8 Å². The van der Waals surface area contributed by atoms with E-state index in [-0.39, 0.29) is 12.6 Å². The number of aromatic nitrogens is 2. The highest BCUT2D eigenvalue weighted by atomic mass is 32.1. The Bertz CT molecular complexity index is 449. The number of carbonyl (C=O) groups excluding carboxylic acids is 1. The average molecular weight is 286 g/mol. The lowest BCUT2D eigenvalue weighted by Gasteiger charge is -2.18. The van der Waals surface area contributed by atoms with Gasteiger partial charge in [-0.1, -0.05) is 25.2 Å². The molecule has 1 aromatic heterocycles. The van der Waals surface area contributed by atoms with Crippen LogP contribution in [0.2, 0.25) is 0 Å².